The monoisotopic (exact) mass is 237 g/mol. The fourth-order valence-electron chi connectivity index (χ4n) is 1.74. The van der Waals surface area contributed by atoms with Gasteiger partial charge in [-0.05, 0) is 44.5 Å². The summed E-state index contributed by atoms with van der Waals surface area (Å²) in [5.74, 6) is 0.868. The van der Waals surface area contributed by atoms with E-state index in [1.54, 1.807) is 0 Å². The molecule has 0 aromatic heterocycles. The molecule has 1 aromatic rings. The predicted octanol–water partition coefficient (Wildman–Crippen LogP) is 2.29. The molecule has 0 fully saturated rings. The van der Waals surface area contributed by atoms with E-state index in [1.807, 2.05) is 38.1 Å². The fourth-order valence-corrected chi connectivity index (χ4v) is 1.74. The molecule has 1 atom stereocenters. The van der Waals surface area contributed by atoms with Crippen LogP contribution in [0.5, 0.6) is 5.75 Å². The third-order valence-corrected chi connectivity index (χ3v) is 2.88. The summed E-state index contributed by atoms with van der Waals surface area (Å²) in [6.45, 7) is 7.74. The molecule has 17 heavy (non-hydrogen) atoms. The van der Waals surface area contributed by atoms with Crippen LogP contribution in [0.25, 0.3) is 0 Å². The van der Waals surface area contributed by atoms with E-state index in [4.69, 9.17) is 4.74 Å². The maximum Gasteiger partial charge on any atom is 0.119 e. The molecule has 0 saturated carbocycles. The van der Waals surface area contributed by atoms with Crippen molar-refractivity contribution in [2.24, 2.45) is 0 Å². The van der Waals surface area contributed by atoms with Crippen molar-refractivity contribution in [1.82, 2.24) is 5.32 Å². The smallest absolute Gasteiger partial charge is 0.119 e. The first-order valence-electron chi connectivity index (χ1n) is 6.25. The highest BCUT2D eigenvalue weighted by Crippen LogP contribution is 2.23. The zero-order valence-corrected chi connectivity index (χ0v) is 11.0. The minimum atomic E-state index is -0.374. The van der Waals surface area contributed by atoms with Gasteiger partial charge in [-0.3, -0.25) is 0 Å². The first-order chi connectivity index (χ1) is 8.16. The van der Waals surface area contributed by atoms with Gasteiger partial charge in [0.2, 0.25) is 0 Å². The number of aliphatic hydroxyl groups is 1. The minimum Gasteiger partial charge on any atom is -0.494 e. The SMILES string of the molecule is CCCNC(C)(CO)c1ccc(OCC)cc1. The van der Waals surface area contributed by atoms with Crippen molar-refractivity contribution in [2.75, 3.05) is 19.8 Å². The second kappa shape index (κ2) is 6.62. The molecule has 0 amide bonds. The van der Waals surface area contributed by atoms with Gasteiger partial charge in [0, 0.05) is 0 Å². The first-order valence-corrected chi connectivity index (χ1v) is 6.25. The molecule has 0 aliphatic rings. The van der Waals surface area contributed by atoms with E-state index in [2.05, 4.69) is 12.2 Å². The third-order valence-electron chi connectivity index (χ3n) is 2.88. The molecule has 0 bridgehead atoms. The molecule has 0 aliphatic heterocycles. The van der Waals surface area contributed by atoms with Gasteiger partial charge in [-0.15, -0.1) is 0 Å². The van der Waals surface area contributed by atoms with Gasteiger partial charge < -0.3 is 15.2 Å². The lowest BCUT2D eigenvalue weighted by atomic mass is 9.92. The van der Waals surface area contributed by atoms with Crippen LogP contribution in [0, 0.1) is 0 Å². The van der Waals surface area contributed by atoms with Gasteiger partial charge in [0.15, 0.2) is 0 Å². The summed E-state index contributed by atoms with van der Waals surface area (Å²) in [6.07, 6.45) is 1.05. The second-order valence-corrected chi connectivity index (χ2v) is 4.37. The summed E-state index contributed by atoms with van der Waals surface area (Å²) >= 11 is 0. The molecule has 1 aromatic carbocycles. The quantitative estimate of drug-likeness (QED) is 0.764. The van der Waals surface area contributed by atoms with Crippen molar-refractivity contribution >= 4 is 0 Å². The average Bonchev–Trinajstić information content (AvgIpc) is 2.37. The number of hydrogen-bond acceptors (Lipinski definition) is 3. The van der Waals surface area contributed by atoms with Gasteiger partial charge in [-0.2, -0.15) is 0 Å². The van der Waals surface area contributed by atoms with Crippen LogP contribution in [0.4, 0.5) is 0 Å². The van der Waals surface area contributed by atoms with Crippen molar-refractivity contribution in [2.45, 2.75) is 32.7 Å². The van der Waals surface area contributed by atoms with Crippen molar-refractivity contribution in [3.05, 3.63) is 29.8 Å². The Bertz CT molecular complexity index is 323. The van der Waals surface area contributed by atoms with Gasteiger partial charge in [0.25, 0.3) is 0 Å². The molecule has 0 saturated heterocycles. The topological polar surface area (TPSA) is 41.5 Å². The molecule has 96 valence electrons. The Hall–Kier alpha value is -1.06. The molecule has 2 N–H and O–H groups in total. The number of aliphatic hydroxyl groups excluding tert-OH is 1. The van der Waals surface area contributed by atoms with Crippen molar-refractivity contribution in [3.63, 3.8) is 0 Å². The van der Waals surface area contributed by atoms with Crippen LogP contribution in [0.2, 0.25) is 0 Å². The van der Waals surface area contributed by atoms with E-state index in [0.29, 0.717) is 6.61 Å². The lowest BCUT2D eigenvalue weighted by molar-refractivity contribution is 0.175. The predicted molar refractivity (Wildman–Crippen MR) is 70.3 cm³/mol. The van der Waals surface area contributed by atoms with Crippen LogP contribution in [0.15, 0.2) is 24.3 Å². The molecule has 1 rings (SSSR count). The third kappa shape index (κ3) is 3.72. The van der Waals surface area contributed by atoms with E-state index in [1.165, 1.54) is 0 Å². The standard InChI is InChI=1S/C14H23NO2/c1-4-10-15-14(3,11-16)12-6-8-13(9-7-12)17-5-2/h6-9,15-16H,4-5,10-11H2,1-3H3. The Kier molecular flexibility index (Phi) is 5.45. The van der Waals surface area contributed by atoms with Crippen LogP contribution in [-0.2, 0) is 5.54 Å². The molecule has 3 heteroatoms. The van der Waals surface area contributed by atoms with Gasteiger partial charge >= 0.3 is 0 Å². The van der Waals surface area contributed by atoms with E-state index in [9.17, 15) is 5.11 Å². The van der Waals surface area contributed by atoms with E-state index >= 15 is 0 Å². The highest BCUT2D eigenvalue weighted by Gasteiger charge is 2.24. The van der Waals surface area contributed by atoms with Crippen LogP contribution in [0.3, 0.4) is 0 Å². The van der Waals surface area contributed by atoms with E-state index in [0.717, 1.165) is 24.3 Å². The minimum absolute atomic E-state index is 0.0843. The molecule has 0 aliphatic carbocycles. The Morgan fingerprint density at radius 3 is 2.35 bits per heavy atom. The van der Waals surface area contributed by atoms with Crippen molar-refractivity contribution < 1.29 is 9.84 Å². The Balaban J connectivity index is 2.80. The lowest BCUT2D eigenvalue weighted by Crippen LogP contribution is -2.43. The molecular weight excluding hydrogens is 214 g/mol. The summed E-state index contributed by atoms with van der Waals surface area (Å²) in [6, 6.07) is 7.90. The fraction of sp³-hybridized carbons (Fsp3) is 0.571. The van der Waals surface area contributed by atoms with Gasteiger partial charge in [0.05, 0.1) is 18.8 Å². The maximum atomic E-state index is 9.54. The molecular formula is C14H23NO2. The molecule has 1 unspecified atom stereocenters. The van der Waals surface area contributed by atoms with Gasteiger partial charge in [0.1, 0.15) is 5.75 Å². The van der Waals surface area contributed by atoms with Crippen molar-refractivity contribution in [1.29, 1.82) is 0 Å². The second-order valence-electron chi connectivity index (χ2n) is 4.37. The van der Waals surface area contributed by atoms with Gasteiger partial charge in [-0.1, -0.05) is 19.1 Å². The summed E-state index contributed by atoms with van der Waals surface area (Å²) in [4.78, 5) is 0. The van der Waals surface area contributed by atoms with Gasteiger partial charge in [-0.25, -0.2) is 0 Å². The normalized spacial score (nSPS) is 14.4. The van der Waals surface area contributed by atoms with Crippen molar-refractivity contribution in [3.8, 4) is 5.75 Å². The van der Waals surface area contributed by atoms with Crippen LogP contribution >= 0.6 is 0 Å². The number of hydrogen-bond donors (Lipinski definition) is 2. The number of ether oxygens (including phenoxy) is 1. The summed E-state index contributed by atoms with van der Waals surface area (Å²) in [5.41, 5.74) is 0.706. The average molecular weight is 237 g/mol. The Morgan fingerprint density at radius 2 is 1.88 bits per heavy atom. The summed E-state index contributed by atoms with van der Waals surface area (Å²) in [7, 11) is 0. The highest BCUT2D eigenvalue weighted by atomic mass is 16.5. The van der Waals surface area contributed by atoms with Crippen LogP contribution in [0.1, 0.15) is 32.8 Å². The summed E-state index contributed by atoms with van der Waals surface area (Å²) < 4.78 is 5.41. The lowest BCUT2D eigenvalue weighted by Gasteiger charge is -2.29. The molecule has 0 heterocycles. The number of benzene rings is 1. The van der Waals surface area contributed by atoms with Crippen LogP contribution in [-0.4, -0.2) is 24.9 Å². The van der Waals surface area contributed by atoms with E-state index < -0.39 is 0 Å². The molecule has 0 spiro atoms. The highest BCUT2D eigenvalue weighted by molar-refractivity contribution is 5.31. The largest absolute Gasteiger partial charge is 0.494 e. The Morgan fingerprint density at radius 1 is 1.24 bits per heavy atom. The molecule has 3 nitrogen and oxygen atoms in total. The Labute approximate surface area is 104 Å². The first kappa shape index (κ1) is 14.0. The zero-order valence-electron chi connectivity index (χ0n) is 11.0. The zero-order chi connectivity index (χ0) is 12.7. The summed E-state index contributed by atoms with van der Waals surface area (Å²) in [5, 5.41) is 12.9. The number of nitrogens with one attached hydrogen (secondary N) is 1. The van der Waals surface area contributed by atoms with Crippen LogP contribution < -0.4 is 10.1 Å². The maximum absolute atomic E-state index is 9.54. The molecule has 0 radical (unpaired) electrons. The number of rotatable bonds is 7. The van der Waals surface area contributed by atoms with E-state index in [-0.39, 0.29) is 12.1 Å².